The quantitative estimate of drug-likeness (QED) is 0.524. The summed E-state index contributed by atoms with van der Waals surface area (Å²) < 4.78 is 27.2. The largest absolute Gasteiger partial charge is 0.497 e. The second-order valence-electron chi connectivity index (χ2n) is 7.20. The zero-order valence-electron chi connectivity index (χ0n) is 18.5. The van der Waals surface area contributed by atoms with Crippen molar-refractivity contribution >= 4 is 11.6 Å². The van der Waals surface area contributed by atoms with Crippen molar-refractivity contribution in [2.24, 2.45) is 0 Å². The van der Waals surface area contributed by atoms with Crippen LogP contribution in [0.5, 0.6) is 23.0 Å². The molecule has 9 nitrogen and oxygen atoms in total. The number of methoxy groups -OCH3 is 3. The third kappa shape index (κ3) is 4.05. The summed E-state index contributed by atoms with van der Waals surface area (Å²) in [7, 11) is 4.73. The van der Waals surface area contributed by atoms with E-state index in [-0.39, 0.29) is 18.2 Å². The lowest BCUT2D eigenvalue weighted by Gasteiger charge is -2.20. The maximum Gasteiger partial charge on any atom is 0.232 e. The van der Waals surface area contributed by atoms with Crippen LogP contribution in [0.4, 0.5) is 5.69 Å². The molecule has 1 atom stereocenters. The van der Waals surface area contributed by atoms with Crippen LogP contribution in [0.2, 0.25) is 0 Å². The summed E-state index contributed by atoms with van der Waals surface area (Å²) in [5.41, 5.74) is 1.38. The molecule has 0 bridgehead atoms. The van der Waals surface area contributed by atoms with E-state index in [1.54, 1.807) is 50.5 Å². The summed E-state index contributed by atoms with van der Waals surface area (Å²) in [5.74, 6) is 3.01. The highest BCUT2D eigenvalue weighted by Gasteiger charge is 2.36. The van der Waals surface area contributed by atoms with Crippen LogP contribution in [0.15, 0.2) is 40.9 Å². The number of amides is 1. The molecule has 1 amide bonds. The van der Waals surface area contributed by atoms with Crippen molar-refractivity contribution in [3.8, 4) is 34.4 Å². The molecule has 9 heteroatoms. The van der Waals surface area contributed by atoms with Gasteiger partial charge in [-0.1, -0.05) is 5.16 Å². The first-order valence-electron chi connectivity index (χ1n) is 10.2. The van der Waals surface area contributed by atoms with E-state index in [1.165, 1.54) is 0 Å². The van der Waals surface area contributed by atoms with Crippen LogP contribution in [-0.2, 0) is 4.79 Å². The second-order valence-corrected chi connectivity index (χ2v) is 7.20. The van der Waals surface area contributed by atoms with Gasteiger partial charge >= 0.3 is 0 Å². The van der Waals surface area contributed by atoms with Gasteiger partial charge in [0.25, 0.3) is 0 Å². The Morgan fingerprint density at radius 1 is 1.03 bits per heavy atom. The predicted octanol–water partition coefficient (Wildman–Crippen LogP) is 3.68. The third-order valence-electron chi connectivity index (χ3n) is 5.31. The minimum Gasteiger partial charge on any atom is -0.497 e. The maximum atomic E-state index is 12.8. The smallest absolute Gasteiger partial charge is 0.232 e. The fraction of sp³-hybridized carbons (Fsp3) is 0.348. The molecular formula is C23H25N3O6. The molecule has 3 aromatic rings. The van der Waals surface area contributed by atoms with Crippen LogP contribution in [0.3, 0.4) is 0 Å². The Morgan fingerprint density at radius 2 is 1.81 bits per heavy atom. The van der Waals surface area contributed by atoms with Gasteiger partial charge < -0.3 is 28.4 Å². The number of carbonyl (C=O) groups is 1. The SMILES string of the molecule is CCOc1ccc(-c2noc(C3CC(=O)N(c4cc(OC)ccc4OC)C3)n2)cc1OC. The van der Waals surface area contributed by atoms with E-state index in [9.17, 15) is 4.79 Å². The zero-order chi connectivity index (χ0) is 22.7. The number of carbonyl (C=O) groups excluding carboxylic acids is 1. The van der Waals surface area contributed by atoms with Crippen LogP contribution in [-0.4, -0.2) is 50.5 Å². The minimum absolute atomic E-state index is 0.0518. The van der Waals surface area contributed by atoms with E-state index in [0.717, 1.165) is 5.56 Å². The van der Waals surface area contributed by atoms with Crippen molar-refractivity contribution < 1.29 is 28.3 Å². The lowest BCUT2D eigenvalue weighted by Crippen LogP contribution is -2.24. The van der Waals surface area contributed by atoms with Gasteiger partial charge in [-0.3, -0.25) is 4.79 Å². The van der Waals surface area contributed by atoms with Crippen molar-refractivity contribution in [3.63, 3.8) is 0 Å². The predicted molar refractivity (Wildman–Crippen MR) is 117 cm³/mol. The number of aromatic nitrogens is 2. The number of nitrogens with zero attached hydrogens (tertiary/aromatic N) is 3. The number of anilines is 1. The summed E-state index contributed by atoms with van der Waals surface area (Å²) in [6.07, 6.45) is 0.259. The van der Waals surface area contributed by atoms with Crippen LogP contribution >= 0.6 is 0 Å². The van der Waals surface area contributed by atoms with Crippen molar-refractivity contribution in [2.45, 2.75) is 19.3 Å². The van der Waals surface area contributed by atoms with E-state index < -0.39 is 0 Å². The van der Waals surface area contributed by atoms with E-state index in [4.69, 9.17) is 23.5 Å². The first-order chi connectivity index (χ1) is 15.6. The number of rotatable bonds is 8. The van der Waals surface area contributed by atoms with Gasteiger partial charge in [0.1, 0.15) is 11.5 Å². The Morgan fingerprint density at radius 3 is 2.53 bits per heavy atom. The summed E-state index contributed by atoms with van der Waals surface area (Å²) in [6, 6.07) is 10.8. The fourth-order valence-corrected chi connectivity index (χ4v) is 3.71. The lowest BCUT2D eigenvalue weighted by molar-refractivity contribution is -0.117. The first-order valence-corrected chi connectivity index (χ1v) is 10.2. The third-order valence-corrected chi connectivity index (χ3v) is 5.31. The monoisotopic (exact) mass is 439 g/mol. The van der Waals surface area contributed by atoms with Crippen molar-refractivity contribution in [1.29, 1.82) is 0 Å². The normalized spacial score (nSPS) is 15.7. The second kappa shape index (κ2) is 9.17. The highest BCUT2D eigenvalue weighted by molar-refractivity contribution is 5.98. The molecule has 32 heavy (non-hydrogen) atoms. The molecule has 168 valence electrons. The molecule has 1 unspecified atom stereocenters. The Labute approximate surface area is 185 Å². The molecule has 0 aliphatic carbocycles. The Kier molecular flexibility index (Phi) is 6.16. The number of ether oxygens (including phenoxy) is 4. The summed E-state index contributed by atoms with van der Waals surface area (Å²) >= 11 is 0. The fourth-order valence-electron chi connectivity index (χ4n) is 3.71. The molecule has 2 aromatic carbocycles. The molecule has 1 aliphatic rings. The van der Waals surface area contributed by atoms with Gasteiger partial charge in [-0.05, 0) is 37.3 Å². The van der Waals surface area contributed by atoms with Crippen LogP contribution in [0.1, 0.15) is 25.2 Å². The molecule has 0 saturated carbocycles. The standard InChI is InChI=1S/C23H25N3O6/c1-5-31-19-8-6-14(10-20(19)30-4)22-24-23(32-25-22)15-11-21(27)26(13-15)17-12-16(28-2)7-9-18(17)29-3/h6-10,12,15H,5,11,13H2,1-4H3. The van der Waals surface area contributed by atoms with Gasteiger partial charge in [-0.2, -0.15) is 4.98 Å². The molecule has 0 spiro atoms. The van der Waals surface area contributed by atoms with Gasteiger partial charge in [0, 0.05) is 24.6 Å². The topological polar surface area (TPSA) is 96.2 Å². The van der Waals surface area contributed by atoms with Gasteiger partial charge in [0.05, 0.1) is 39.5 Å². The van der Waals surface area contributed by atoms with Gasteiger partial charge in [-0.25, -0.2) is 0 Å². The van der Waals surface area contributed by atoms with E-state index >= 15 is 0 Å². The zero-order valence-corrected chi connectivity index (χ0v) is 18.5. The Hall–Kier alpha value is -3.75. The molecule has 1 aromatic heterocycles. The molecule has 1 saturated heterocycles. The maximum absolute atomic E-state index is 12.8. The minimum atomic E-state index is -0.232. The first kappa shape index (κ1) is 21.5. The Bertz CT molecular complexity index is 1110. The molecule has 0 radical (unpaired) electrons. The van der Waals surface area contributed by atoms with Gasteiger partial charge in [0.2, 0.25) is 17.6 Å². The highest BCUT2D eigenvalue weighted by atomic mass is 16.5. The number of benzene rings is 2. The molecular weight excluding hydrogens is 414 g/mol. The van der Waals surface area contributed by atoms with Crippen molar-refractivity contribution in [2.75, 3.05) is 39.4 Å². The average Bonchev–Trinajstić information content (AvgIpc) is 3.46. The van der Waals surface area contributed by atoms with Crippen LogP contribution < -0.4 is 23.8 Å². The lowest BCUT2D eigenvalue weighted by atomic mass is 10.1. The molecule has 4 rings (SSSR count). The van der Waals surface area contributed by atoms with E-state index in [2.05, 4.69) is 10.1 Å². The van der Waals surface area contributed by atoms with E-state index in [0.29, 0.717) is 53.6 Å². The summed E-state index contributed by atoms with van der Waals surface area (Å²) in [5, 5.41) is 4.11. The molecule has 1 fully saturated rings. The summed E-state index contributed by atoms with van der Waals surface area (Å²) in [4.78, 5) is 19.0. The van der Waals surface area contributed by atoms with Crippen LogP contribution in [0.25, 0.3) is 11.4 Å². The van der Waals surface area contributed by atoms with Gasteiger partial charge in [-0.15, -0.1) is 0 Å². The molecule has 2 heterocycles. The van der Waals surface area contributed by atoms with Gasteiger partial charge in [0.15, 0.2) is 11.5 Å². The number of hydrogen-bond acceptors (Lipinski definition) is 8. The van der Waals surface area contributed by atoms with Crippen molar-refractivity contribution in [3.05, 3.63) is 42.3 Å². The number of hydrogen-bond donors (Lipinski definition) is 0. The van der Waals surface area contributed by atoms with Crippen LogP contribution in [0, 0.1) is 0 Å². The Balaban J connectivity index is 1.57. The van der Waals surface area contributed by atoms with E-state index in [1.807, 2.05) is 19.1 Å². The highest BCUT2D eigenvalue weighted by Crippen LogP contribution is 2.39. The van der Waals surface area contributed by atoms with Crippen molar-refractivity contribution in [1.82, 2.24) is 10.1 Å². The molecule has 1 aliphatic heterocycles. The summed E-state index contributed by atoms with van der Waals surface area (Å²) in [6.45, 7) is 2.84. The average molecular weight is 439 g/mol. The molecule has 0 N–H and O–H groups in total.